The number of para-hydroxylation sites is 1. The van der Waals surface area contributed by atoms with Crippen LogP contribution in [-0.2, 0) is 39.4 Å². The van der Waals surface area contributed by atoms with Gasteiger partial charge in [0.05, 0.1) is 54.9 Å². The molecule has 2 unspecified atom stereocenters. The summed E-state index contributed by atoms with van der Waals surface area (Å²) in [6.07, 6.45) is 3.83. The Balaban J connectivity index is 1.06. The van der Waals surface area contributed by atoms with Gasteiger partial charge in [0.25, 0.3) is 5.91 Å². The molecule has 1 aromatic heterocycles. The molecule has 4 aromatic carbocycles. The van der Waals surface area contributed by atoms with Gasteiger partial charge >= 0.3 is 0 Å². The Morgan fingerprint density at radius 2 is 1.76 bits per heavy atom. The fourth-order valence-electron chi connectivity index (χ4n) is 10.1. The molecule has 6 atom stereocenters. The van der Waals surface area contributed by atoms with E-state index >= 15 is 4.79 Å². The number of ether oxygens (including phenoxy) is 2. The summed E-state index contributed by atoms with van der Waals surface area (Å²) in [5.41, 5.74) is 4.91. The Morgan fingerprint density at radius 3 is 2.52 bits per heavy atom. The van der Waals surface area contributed by atoms with Crippen molar-refractivity contribution in [1.29, 1.82) is 0 Å². The summed E-state index contributed by atoms with van der Waals surface area (Å²) in [5.74, 6) is -0.140. The van der Waals surface area contributed by atoms with Gasteiger partial charge in [-0.2, -0.15) is 0 Å². The molecule has 3 aliphatic rings. The lowest BCUT2D eigenvalue weighted by atomic mass is 9.82. The molecule has 0 bridgehead atoms. The first kappa shape index (κ1) is 43.4. The van der Waals surface area contributed by atoms with Gasteiger partial charge in [-0.25, -0.2) is 0 Å². The number of rotatable bonds is 17. The van der Waals surface area contributed by atoms with Gasteiger partial charge in [-0.1, -0.05) is 72.8 Å². The van der Waals surface area contributed by atoms with Crippen molar-refractivity contribution in [3.8, 4) is 5.75 Å². The summed E-state index contributed by atoms with van der Waals surface area (Å²) < 4.78 is 14.7. The highest BCUT2D eigenvalue weighted by atomic mass is 28.4. The maximum Gasteiger partial charge on any atom is 0.264 e. The van der Waals surface area contributed by atoms with E-state index < -0.39 is 26.1 Å². The van der Waals surface area contributed by atoms with E-state index in [9.17, 15) is 19.8 Å². The minimum absolute atomic E-state index is 0.0723. The number of carbonyl (C=O) groups excluding carboxylic acids is 2. The zero-order valence-corrected chi connectivity index (χ0v) is 37.0. The predicted octanol–water partition coefficient (Wildman–Crippen LogP) is 6.19. The quantitative estimate of drug-likeness (QED) is 0.0627. The Hall–Kier alpha value is -5.22. The second-order valence-corrected chi connectivity index (χ2v) is 21.3. The SMILES string of the molecule is CCOc1ccc2c(c1)CC(NCCCCO)C(=O)N2c1cccc(CN2C(=O)[C@@]3(O[C@@H](CCn4cc(C(CO)c5ccccc5)nn4)[C@H]([Si](C)(C)O)[C@H]3C)c3ccccc32)c1. The Bertz CT molecular complexity index is 2370. The summed E-state index contributed by atoms with van der Waals surface area (Å²) in [6.45, 7) is 9.65. The molecule has 326 valence electrons. The topological polar surface area (TPSA) is 163 Å². The van der Waals surface area contributed by atoms with Crippen LogP contribution in [0.2, 0.25) is 18.6 Å². The lowest BCUT2D eigenvalue weighted by molar-refractivity contribution is -0.146. The van der Waals surface area contributed by atoms with E-state index in [0.29, 0.717) is 50.3 Å². The van der Waals surface area contributed by atoms with Crippen molar-refractivity contribution in [3.63, 3.8) is 0 Å². The molecule has 8 rings (SSSR count). The van der Waals surface area contributed by atoms with Crippen LogP contribution in [0, 0.1) is 5.92 Å². The Labute approximate surface area is 364 Å². The summed E-state index contributed by atoms with van der Waals surface area (Å²) >= 11 is 0. The summed E-state index contributed by atoms with van der Waals surface area (Å²) in [7, 11) is -2.92. The lowest BCUT2D eigenvalue weighted by Crippen LogP contribution is -2.49. The fraction of sp³-hybridized carbons (Fsp3) is 0.417. The average Bonchev–Trinajstić information content (AvgIpc) is 3.92. The van der Waals surface area contributed by atoms with Gasteiger partial charge in [-0.15, -0.1) is 5.10 Å². The summed E-state index contributed by atoms with van der Waals surface area (Å²) in [5, 5.41) is 31.8. The van der Waals surface area contributed by atoms with E-state index in [1.165, 1.54) is 0 Å². The molecule has 1 fully saturated rings. The van der Waals surface area contributed by atoms with Crippen LogP contribution >= 0.6 is 0 Å². The van der Waals surface area contributed by atoms with Crippen molar-refractivity contribution in [2.24, 2.45) is 5.92 Å². The number of hydrogen-bond donors (Lipinski definition) is 4. The minimum atomic E-state index is -2.92. The number of fused-ring (bicyclic) bond motifs is 3. The number of carbonyl (C=O) groups is 2. The number of aliphatic hydroxyl groups is 2. The van der Waals surface area contributed by atoms with Crippen molar-refractivity contribution in [2.45, 2.75) is 94.9 Å². The third kappa shape index (κ3) is 8.23. The monoisotopic (exact) mass is 858 g/mol. The van der Waals surface area contributed by atoms with Crippen molar-refractivity contribution < 1.29 is 34.1 Å². The first-order valence-corrected chi connectivity index (χ1v) is 24.9. The van der Waals surface area contributed by atoms with E-state index in [1.54, 1.807) is 14.5 Å². The zero-order valence-electron chi connectivity index (χ0n) is 36.0. The molecule has 62 heavy (non-hydrogen) atoms. The van der Waals surface area contributed by atoms with Crippen LogP contribution in [0.1, 0.15) is 67.0 Å². The smallest absolute Gasteiger partial charge is 0.264 e. The number of nitrogens with one attached hydrogen (secondary N) is 1. The molecule has 0 radical (unpaired) electrons. The van der Waals surface area contributed by atoms with Crippen LogP contribution in [0.5, 0.6) is 5.75 Å². The van der Waals surface area contributed by atoms with Crippen LogP contribution in [0.4, 0.5) is 17.1 Å². The molecule has 0 aliphatic carbocycles. The number of amides is 2. The lowest BCUT2D eigenvalue weighted by Gasteiger charge is -2.35. The van der Waals surface area contributed by atoms with Crippen LogP contribution in [0.3, 0.4) is 0 Å². The fourth-order valence-corrected chi connectivity index (χ4v) is 12.7. The first-order valence-electron chi connectivity index (χ1n) is 21.9. The van der Waals surface area contributed by atoms with Crippen molar-refractivity contribution in [2.75, 3.05) is 36.2 Å². The van der Waals surface area contributed by atoms with Gasteiger partial charge in [0.1, 0.15) is 5.75 Å². The van der Waals surface area contributed by atoms with E-state index in [4.69, 9.17) is 9.47 Å². The molecule has 4 heterocycles. The largest absolute Gasteiger partial charge is 0.494 e. The molecule has 2 amide bonds. The van der Waals surface area contributed by atoms with E-state index in [2.05, 4.69) is 15.6 Å². The Kier molecular flexibility index (Phi) is 12.8. The second kappa shape index (κ2) is 18.2. The maximum absolute atomic E-state index is 15.2. The standard InChI is InChI=1S/C48H58N6O7Si/c1-5-60-37-20-21-42-35(27-37)28-40(49-23-11-12-25-55)46(57)54(42)36-17-13-14-33(26-36)29-53-43-19-10-9-18-39(43)48(47(53)58)32(2)45(62(3,4)59)44(61-48)22-24-52-30-41(50-51-52)38(31-56)34-15-7-6-8-16-34/h6-10,13-21,26-27,30,32,38,40,44-45,49,55-56,59H,5,11-12,22-25,28-29,31H2,1-4H3/t32-,38?,40?,44+,45-,48+/m1/s1. The van der Waals surface area contributed by atoms with Gasteiger partial charge < -0.3 is 34.7 Å². The van der Waals surface area contributed by atoms with Gasteiger partial charge in [-0.05, 0) is 105 Å². The van der Waals surface area contributed by atoms with Gasteiger partial charge in [0.15, 0.2) is 13.9 Å². The molecule has 3 aliphatic heterocycles. The molecule has 14 heteroatoms. The highest BCUT2D eigenvalue weighted by Gasteiger charge is 2.66. The number of unbranched alkanes of at least 4 members (excludes halogenated alkanes) is 1. The van der Waals surface area contributed by atoms with Crippen molar-refractivity contribution >= 4 is 37.2 Å². The molecule has 1 saturated heterocycles. The number of hydrogen-bond acceptors (Lipinski definition) is 10. The molecule has 1 spiro atoms. The van der Waals surface area contributed by atoms with Crippen LogP contribution in [0.25, 0.3) is 0 Å². The molecule has 13 nitrogen and oxygen atoms in total. The number of aryl methyl sites for hydroxylation is 1. The summed E-state index contributed by atoms with van der Waals surface area (Å²) in [4.78, 5) is 44.9. The van der Waals surface area contributed by atoms with Crippen LogP contribution < -0.4 is 19.9 Å². The predicted molar refractivity (Wildman–Crippen MR) is 240 cm³/mol. The highest BCUT2D eigenvalue weighted by Crippen LogP contribution is 2.59. The van der Waals surface area contributed by atoms with Crippen molar-refractivity contribution in [1.82, 2.24) is 20.3 Å². The normalized spacial score (nSPS) is 22.6. The van der Waals surface area contributed by atoms with Gasteiger partial charge in [0.2, 0.25) is 5.91 Å². The average molecular weight is 859 g/mol. The number of benzene rings is 4. The molecule has 0 saturated carbocycles. The number of aliphatic hydroxyl groups excluding tert-OH is 2. The third-order valence-corrected chi connectivity index (χ3v) is 15.4. The number of nitrogens with zero attached hydrogens (tertiary/aromatic N) is 5. The number of anilines is 3. The van der Waals surface area contributed by atoms with E-state index in [1.807, 2.05) is 130 Å². The number of aromatic nitrogens is 3. The molecule has 4 N–H and O–H groups in total. The Morgan fingerprint density at radius 1 is 0.968 bits per heavy atom. The molecule has 5 aromatic rings. The highest BCUT2D eigenvalue weighted by molar-refractivity contribution is 6.71. The van der Waals surface area contributed by atoms with Crippen LogP contribution in [0.15, 0.2) is 103 Å². The van der Waals surface area contributed by atoms with Crippen molar-refractivity contribution in [3.05, 3.63) is 131 Å². The molecular formula is C48H58N6O7Si. The van der Waals surface area contributed by atoms with Gasteiger partial charge in [-0.3, -0.25) is 19.2 Å². The van der Waals surface area contributed by atoms with E-state index in [0.717, 1.165) is 45.8 Å². The minimum Gasteiger partial charge on any atom is -0.494 e. The second-order valence-electron chi connectivity index (χ2n) is 17.3. The summed E-state index contributed by atoms with van der Waals surface area (Å²) in [6, 6.07) is 30.7. The maximum atomic E-state index is 15.2. The first-order chi connectivity index (χ1) is 30.0. The molecular weight excluding hydrogens is 801 g/mol. The zero-order chi connectivity index (χ0) is 43.6. The van der Waals surface area contributed by atoms with Gasteiger partial charge in [0, 0.05) is 42.1 Å². The van der Waals surface area contributed by atoms with E-state index in [-0.39, 0.29) is 48.9 Å². The van der Waals surface area contributed by atoms with Crippen LogP contribution in [-0.4, -0.2) is 88.6 Å². The third-order valence-electron chi connectivity index (χ3n) is 12.9.